The Kier molecular flexibility index (Phi) is 6.93. The molecule has 0 spiro atoms. The Hall–Kier alpha value is -6.63. The second-order valence-electron chi connectivity index (χ2n) is 9.37. The summed E-state index contributed by atoms with van der Waals surface area (Å²) < 4.78 is 28.1. The standard InChI is InChI=1S/C24H17N10O11P/c1-2-46(43,44-31-15-9-17(29-5-3-25-11-29)19(33(39)40)7-13(15)27-21(35)23(31)37)45-32-16-10-18(30-6-4-26-12-30)20(34(41)42)8-14(16)28-22(36)24(32)38/h3-12H,2H2,1H3,(H,27,35)(H,28,36). The van der Waals surface area contributed by atoms with E-state index in [-0.39, 0.29) is 33.4 Å². The van der Waals surface area contributed by atoms with Gasteiger partial charge in [0.25, 0.3) is 11.4 Å². The minimum absolute atomic E-state index is 0.114. The third-order valence-electron chi connectivity index (χ3n) is 6.64. The Balaban J connectivity index is 1.55. The van der Waals surface area contributed by atoms with Crippen LogP contribution in [0.3, 0.4) is 0 Å². The van der Waals surface area contributed by atoms with Gasteiger partial charge < -0.3 is 28.4 Å². The number of aromatic nitrogens is 8. The lowest BCUT2D eigenvalue weighted by atomic mass is 10.2. The lowest BCUT2D eigenvalue weighted by Gasteiger charge is -2.21. The molecule has 0 aliphatic rings. The maximum atomic E-state index is 14.1. The van der Waals surface area contributed by atoms with Crippen molar-refractivity contribution in [1.82, 2.24) is 38.5 Å². The summed E-state index contributed by atoms with van der Waals surface area (Å²) in [4.78, 5) is 85.4. The Morgan fingerprint density at radius 1 is 0.761 bits per heavy atom. The second kappa shape index (κ2) is 10.8. The molecule has 0 aliphatic carbocycles. The number of H-pyrrole nitrogens is 2. The van der Waals surface area contributed by atoms with Crippen molar-refractivity contribution in [1.29, 1.82) is 0 Å². The molecule has 22 heteroatoms. The van der Waals surface area contributed by atoms with E-state index in [1.807, 2.05) is 0 Å². The smallest absolute Gasteiger partial charge is 0.318 e. The maximum Gasteiger partial charge on any atom is 0.467 e. The van der Waals surface area contributed by atoms with E-state index in [4.69, 9.17) is 9.25 Å². The molecular weight excluding hydrogens is 635 g/mol. The van der Waals surface area contributed by atoms with Crippen molar-refractivity contribution in [3.63, 3.8) is 0 Å². The Labute approximate surface area is 251 Å². The van der Waals surface area contributed by atoms with Gasteiger partial charge in [-0.2, -0.15) is 0 Å². The van der Waals surface area contributed by atoms with Crippen LogP contribution in [0.2, 0.25) is 0 Å². The number of nitro groups is 2. The van der Waals surface area contributed by atoms with Gasteiger partial charge in [0.2, 0.25) is 0 Å². The van der Waals surface area contributed by atoms with E-state index in [1.165, 1.54) is 53.5 Å². The molecule has 0 saturated carbocycles. The van der Waals surface area contributed by atoms with Gasteiger partial charge in [0.15, 0.2) is 0 Å². The Morgan fingerprint density at radius 3 is 1.50 bits per heavy atom. The van der Waals surface area contributed by atoms with E-state index in [1.54, 1.807) is 0 Å². The van der Waals surface area contributed by atoms with Crippen LogP contribution in [0.5, 0.6) is 0 Å². The number of rotatable bonds is 9. The van der Waals surface area contributed by atoms with Crippen LogP contribution in [0.1, 0.15) is 6.92 Å². The topological polar surface area (TPSA) is 267 Å². The first-order chi connectivity index (χ1) is 21.9. The molecule has 0 saturated heterocycles. The summed E-state index contributed by atoms with van der Waals surface area (Å²) in [5.41, 5.74) is -7.77. The van der Waals surface area contributed by atoms with Crippen molar-refractivity contribution < 1.29 is 23.7 Å². The summed E-state index contributed by atoms with van der Waals surface area (Å²) in [6.45, 7) is 1.28. The first kappa shape index (κ1) is 29.4. The summed E-state index contributed by atoms with van der Waals surface area (Å²) >= 11 is 0. The van der Waals surface area contributed by atoms with Gasteiger partial charge in [0.05, 0.1) is 39.7 Å². The normalized spacial score (nSPS) is 11.6. The second-order valence-corrected chi connectivity index (χ2v) is 11.5. The van der Waals surface area contributed by atoms with Crippen molar-refractivity contribution in [2.45, 2.75) is 6.92 Å². The predicted octanol–water partition coefficient (Wildman–Crippen LogP) is 0.651. The molecule has 21 nitrogen and oxygen atoms in total. The average Bonchev–Trinajstić information content (AvgIpc) is 3.76. The Bertz CT molecular complexity index is 2330. The van der Waals surface area contributed by atoms with Crippen LogP contribution in [0, 0.1) is 20.2 Å². The Morgan fingerprint density at radius 2 is 1.17 bits per heavy atom. The van der Waals surface area contributed by atoms with Crippen molar-refractivity contribution in [3.8, 4) is 11.4 Å². The fraction of sp³-hybridized carbons (Fsp3) is 0.0833. The summed E-state index contributed by atoms with van der Waals surface area (Å²) in [6.07, 6.45) is 7.31. The van der Waals surface area contributed by atoms with Crippen molar-refractivity contribution in [2.75, 3.05) is 6.16 Å². The van der Waals surface area contributed by atoms with Gasteiger partial charge in [-0.25, -0.2) is 14.5 Å². The summed E-state index contributed by atoms with van der Waals surface area (Å²) in [5.74, 6) is 0. The molecule has 0 radical (unpaired) electrons. The van der Waals surface area contributed by atoms with E-state index < -0.39 is 57.2 Å². The predicted molar refractivity (Wildman–Crippen MR) is 157 cm³/mol. The highest BCUT2D eigenvalue weighted by atomic mass is 31.2. The number of imidazole rings is 2. The first-order valence-corrected chi connectivity index (χ1v) is 14.5. The molecule has 0 amide bonds. The van der Waals surface area contributed by atoms with E-state index in [2.05, 4.69) is 19.9 Å². The van der Waals surface area contributed by atoms with Crippen molar-refractivity contribution in [2.24, 2.45) is 0 Å². The number of hydrogen-bond donors (Lipinski definition) is 2. The minimum atomic E-state index is -4.74. The minimum Gasteiger partial charge on any atom is -0.318 e. The molecule has 4 heterocycles. The van der Waals surface area contributed by atoms with Crippen LogP contribution in [0.4, 0.5) is 11.4 Å². The third kappa shape index (κ3) is 4.91. The molecule has 2 N–H and O–H groups in total. The van der Waals surface area contributed by atoms with Gasteiger partial charge in [-0.3, -0.25) is 39.4 Å². The van der Waals surface area contributed by atoms with Gasteiger partial charge >= 0.3 is 29.8 Å². The number of fused-ring (bicyclic) bond motifs is 2. The number of hydrogen-bond acceptors (Lipinski definition) is 13. The van der Waals surface area contributed by atoms with Crippen LogP contribution < -0.4 is 31.5 Å². The highest BCUT2D eigenvalue weighted by Crippen LogP contribution is 2.41. The molecule has 234 valence electrons. The zero-order valence-corrected chi connectivity index (χ0v) is 23.9. The van der Waals surface area contributed by atoms with Crippen LogP contribution in [0.25, 0.3) is 33.4 Å². The van der Waals surface area contributed by atoms with E-state index >= 15 is 0 Å². The zero-order valence-electron chi connectivity index (χ0n) is 23.0. The first-order valence-electron chi connectivity index (χ1n) is 12.8. The monoisotopic (exact) mass is 652 g/mol. The highest BCUT2D eigenvalue weighted by molar-refractivity contribution is 7.54. The van der Waals surface area contributed by atoms with Gasteiger partial charge in [-0.05, 0) is 12.1 Å². The highest BCUT2D eigenvalue weighted by Gasteiger charge is 2.32. The van der Waals surface area contributed by atoms with Gasteiger partial charge in [-0.15, -0.1) is 9.46 Å². The van der Waals surface area contributed by atoms with E-state index in [9.17, 15) is 44.0 Å². The molecule has 2 aromatic carbocycles. The average molecular weight is 652 g/mol. The van der Waals surface area contributed by atoms with Crippen LogP contribution in [0.15, 0.2) is 80.9 Å². The zero-order chi connectivity index (χ0) is 32.9. The van der Waals surface area contributed by atoms with Crippen molar-refractivity contribution >= 4 is 41.0 Å². The van der Waals surface area contributed by atoms with Gasteiger partial charge in [0.1, 0.15) is 22.4 Å². The molecule has 0 bridgehead atoms. The molecule has 0 atom stereocenters. The molecule has 4 aromatic heterocycles. The van der Waals surface area contributed by atoms with E-state index in [0.717, 1.165) is 24.3 Å². The summed E-state index contributed by atoms with van der Waals surface area (Å²) in [5, 5.41) is 23.6. The molecule has 6 rings (SSSR count). The fourth-order valence-electron chi connectivity index (χ4n) is 4.47. The van der Waals surface area contributed by atoms with Crippen molar-refractivity contribution in [3.05, 3.63) is 123 Å². The van der Waals surface area contributed by atoms with E-state index in [0.29, 0.717) is 9.46 Å². The number of benzene rings is 2. The number of nitrogens with one attached hydrogen (secondary N) is 2. The molecule has 0 unspecified atom stereocenters. The lowest BCUT2D eigenvalue weighted by molar-refractivity contribution is -0.384. The molecule has 46 heavy (non-hydrogen) atoms. The van der Waals surface area contributed by atoms with Crippen LogP contribution in [-0.4, -0.2) is 54.5 Å². The molecular formula is C24H17N10O11P. The summed E-state index contributed by atoms with van der Waals surface area (Å²) in [7, 11) is -4.74. The van der Waals surface area contributed by atoms with Gasteiger partial charge in [0, 0.05) is 36.9 Å². The molecule has 0 fully saturated rings. The van der Waals surface area contributed by atoms with Gasteiger partial charge in [-0.1, -0.05) is 6.92 Å². The summed E-state index contributed by atoms with van der Waals surface area (Å²) in [6, 6.07) is 4.08. The lowest BCUT2D eigenvalue weighted by Crippen LogP contribution is -2.42. The number of nitrogens with zero attached hydrogens (tertiary/aromatic N) is 8. The number of aromatic amines is 2. The third-order valence-corrected chi connectivity index (χ3v) is 8.23. The SMILES string of the molecule is CCP(=O)(On1c(=O)c(=O)[nH]c2cc([N+](=O)[O-])c(-n3ccnc3)cc21)On1c(=O)c(=O)[nH]c2cc([N+](=O)[O-])c(-n3ccnc3)cc21. The largest absolute Gasteiger partial charge is 0.467 e. The quantitative estimate of drug-likeness (QED) is 0.0941. The molecule has 0 aliphatic heterocycles. The van der Waals surface area contributed by atoms with Crippen LogP contribution in [-0.2, 0) is 4.57 Å². The maximum absolute atomic E-state index is 14.1. The molecule has 6 aromatic rings. The fourth-order valence-corrected chi connectivity index (χ4v) is 5.56. The van der Waals surface area contributed by atoms with Crippen LogP contribution >= 0.6 is 7.60 Å². The number of nitro benzene ring substituents is 2.